The number of hydrogen-bond donors (Lipinski definition) is 2. The molecule has 14 heavy (non-hydrogen) atoms. The van der Waals surface area contributed by atoms with Crippen LogP contribution in [0, 0.1) is 5.92 Å². The van der Waals surface area contributed by atoms with Crippen LogP contribution in [0.2, 0.25) is 0 Å². The first kappa shape index (κ1) is 11.5. The van der Waals surface area contributed by atoms with Crippen LogP contribution in [0.5, 0.6) is 0 Å². The van der Waals surface area contributed by atoms with Gasteiger partial charge in [0.1, 0.15) is 0 Å². The molecular formula is C10H21N3O. The molecular weight excluding hydrogens is 178 g/mol. The van der Waals surface area contributed by atoms with E-state index < -0.39 is 11.9 Å². The van der Waals surface area contributed by atoms with E-state index in [1.807, 2.05) is 0 Å². The Balaban J connectivity index is 2.25. The maximum absolute atomic E-state index is 10.8. The Morgan fingerprint density at radius 3 is 2.93 bits per heavy atom. The van der Waals surface area contributed by atoms with Crippen LogP contribution in [0.1, 0.15) is 26.2 Å². The third kappa shape index (κ3) is 3.27. The number of carbonyl (C=O) groups is 1. The Kier molecular flexibility index (Phi) is 4.35. The summed E-state index contributed by atoms with van der Waals surface area (Å²) in [4.78, 5) is 13.0. The Hall–Kier alpha value is -0.610. The fourth-order valence-electron chi connectivity index (χ4n) is 2.09. The molecule has 1 aliphatic rings. The second-order valence-electron chi connectivity index (χ2n) is 4.21. The summed E-state index contributed by atoms with van der Waals surface area (Å²) in [6, 6.07) is -0.504. The lowest BCUT2D eigenvalue weighted by Crippen LogP contribution is -2.45. The summed E-state index contributed by atoms with van der Waals surface area (Å²) in [6.07, 6.45) is 3.75. The van der Waals surface area contributed by atoms with Crippen LogP contribution in [-0.2, 0) is 4.79 Å². The van der Waals surface area contributed by atoms with Gasteiger partial charge in [0.2, 0.25) is 5.91 Å². The van der Waals surface area contributed by atoms with Gasteiger partial charge in [-0.15, -0.1) is 0 Å². The molecule has 0 aliphatic carbocycles. The molecule has 1 rings (SSSR count). The zero-order chi connectivity index (χ0) is 10.6. The minimum Gasteiger partial charge on any atom is -0.368 e. The predicted octanol–water partition coefficient (Wildman–Crippen LogP) is -0.0790. The van der Waals surface area contributed by atoms with Gasteiger partial charge in [-0.3, -0.25) is 4.79 Å². The van der Waals surface area contributed by atoms with Gasteiger partial charge in [0, 0.05) is 13.1 Å². The van der Waals surface area contributed by atoms with Crippen molar-refractivity contribution >= 4 is 5.91 Å². The summed E-state index contributed by atoms with van der Waals surface area (Å²) in [6.45, 7) is 4.97. The summed E-state index contributed by atoms with van der Waals surface area (Å²) in [7, 11) is 0. The molecule has 0 aromatic heterocycles. The van der Waals surface area contributed by atoms with Crippen molar-refractivity contribution in [3.63, 3.8) is 0 Å². The third-order valence-electron chi connectivity index (χ3n) is 2.89. The van der Waals surface area contributed by atoms with Gasteiger partial charge in [0.15, 0.2) is 0 Å². The molecule has 2 unspecified atom stereocenters. The van der Waals surface area contributed by atoms with Crippen molar-refractivity contribution in [1.29, 1.82) is 0 Å². The predicted molar refractivity (Wildman–Crippen MR) is 56.6 cm³/mol. The number of likely N-dealkylation sites (tertiary alicyclic amines) is 1. The summed E-state index contributed by atoms with van der Waals surface area (Å²) in [5, 5.41) is 0. The highest BCUT2D eigenvalue weighted by atomic mass is 16.1. The largest absolute Gasteiger partial charge is 0.368 e. The Morgan fingerprint density at radius 2 is 2.36 bits per heavy atom. The summed E-state index contributed by atoms with van der Waals surface area (Å²) >= 11 is 0. The van der Waals surface area contributed by atoms with Crippen molar-refractivity contribution < 1.29 is 4.79 Å². The topological polar surface area (TPSA) is 72.3 Å². The average molecular weight is 199 g/mol. The van der Waals surface area contributed by atoms with Gasteiger partial charge in [-0.05, 0) is 25.3 Å². The SMILES string of the molecule is CCCC1CCN(CC(N)C(N)=O)C1. The van der Waals surface area contributed by atoms with Crippen LogP contribution in [0.25, 0.3) is 0 Å². The first-order valence-electron chi connectivity index (χ1n) is 5.40. The second kappa shape index (κ2) is 5.32. The molecule has 4 heteroatoms. The van der Waals surface area contributed by atoms with Gasteiger partial charge in [-0.2, -0.15) is 0 Å². The number of amides is 1. The van der Waals surface area contributed by atoms with Crippen molar-refractivity contribution in [2.45, 2.75) is 32.2 Å². The van der Waals surface area contributed by atoms with Gasteiger partial charge >= 0.3 is 0 Å². The van der Waals surface area contributed by atoms with Gasteiger partial charge in [0.05, 0.1) is 6.04 Å². The lowest BCUT2D eigenvalue weighted by atomic mass is 10.0. The lowest BCUT2D eigenvalue weighted by molar-refractivity contribution is -0.119. The van der Waals surface area contributed by atoms with Crippen molar-refractivity contribution in [2.24, 2.45) is 17.4 Å². The number of rotatable bonds is 5. The highest BCUT2D eigenvalue weighted by Crippen LogP contribution is 2.20. The molecule has 0 aromatic rings. The normalized spacial score (nSPS) is 25.1. The molecule has 82 valence electrons. The molecule has 1 heterocycles. The summed E-state index contributed by atoms with van der Waals surface area (Å²) in [5.74, 6) is 0.393. The Morgan fingerprint density at radius 1 is 1.64 bits per heavy atom. The van der Waals surface area contributed by atoms with Crippen LogP contribution in [0.15, 0.2) is 0 Å². The van der Waals surface area contributed by atoms with Crippen LogP contribution in [-0.4, -0.2) is 36.5 Å². The monoisotopic (exact) mass is 199 g/mol. The van der Waals surface area contributed by atoms with Gasteiger partial charge in [-0.1, -0.05) is 13.3 Å². The minimum absolute atomic E-state index is 0.399. The van der Waals surface area contributed by atoms with Crippen LogP contribution in [0.3, 0.4) is 0 Å². The molecule has 1 fully saturated rings. The number of primary amides is 1. The quantitative estimate of drug-likeness (QED) is 0.650. The Bertz CT molecular complexity index is 196. The third-order valence-corrected chi connectivity index (χ3v) is 2.89. The molecule has 4 nitrogen and oxygen atoms in total. The van der Waals surface area contributed by atoms with Gasteiger partial charge < -0.3 is 16.4 Å². The summed E-state index contributed by atoms with van der Waals surface area (Å²) < 4.78 is 0. The number of nitrogens with two attached hydrogens (primary N) is 2. The maximum atomic E-state index is 10.8. The van der Waals surface area contributed by atoms with Crippen molar-refractivity contribution in [1.82, 2.24) is 4.90 Å². The molecule has 1 aliphatic heterocycles. The van der Waals surface area contributed by atoms with E-state index in [2.05, 4.69) is 11.8 Å². The number of nitrogens with zero attached hydrogens (tertiary/aromatic N) is 1. The standard InChI is InChI=1S/C10H21N3O/c1-2-3-8-4-5-13(6-8)7-9(11)10(12)14/h8-9H,2-7,11H2,1H3,(H2,12,14). The first-order chi connectivity index (χ1) is 6.63. The maximum Gasteiger partial charge on any atom is 0.235 e. The van der Waals surface area contributed by atoms with Crippen LogP contribution < -0.4 is 11.5 Å². The molecule has 1 saturated heterocycles. The molecule has 1 amide bonds. The smallest absolute Gasteiger partial charge is 0.235 e. The van der Waals surface area contributed by atoms with Crippen molar-refractivity contribution in [2.75, 3.05) is 19.6 Å². The van der Waals surface area contributed by atoms with Gasteiger partial charge in [-0.25, -0.2) is 0 Å². The molecule has 0 saturated carbocycles. The van der Waals surface area contributed by atoms with Crippen LogP contribution in [0.4, 0.5) is 0 Å². The van der Waals surface area contributed by atoms with Gasteiger partial charge in [0.25, 0.3) is 0 Å². The molecule has 0 bridgehead atoms. The molecule has 0 radical (unpaired) electrons. The number of hydrogen-bond acceptors (Lipinski definition) is 3. The van der Waals surface area contributed by atoms with Crippen molar-refractivity contribution in [3.05, 3.63) is 0 Å². The van der Waals surface area contributed by atoms with E-state index >= 15 is 0 Å². The van der Waals surface area contributed by atoms with E-state index in [-0.39, 0.29) is 0 Å². The average Bonchev–Trinajstić information content (AvgIpc) is 2.53. The molecule has 2 atom stereocenters. The van der Waals surface area contributed by atoms with Crippen molar-refractivity contribution in [3.8, 4) is 0 Å². The van der Waals surface area contributed by atoms with E-state index in [4.69, 9.17) is 11.5 Å². The summed E-state index contributed by atoms with van der Waals surface area (Å²) in [5.41, 5.74) is 10.7. The second-order valence-corrected chi connectivity index (χ2v) is 4.21. The van der Waals surface area contributed by atoms with E-state index in [0.717, 1.165) is 19.0 Å². The van der Waals surface area contributed by atoms with Crippen LogP contribution >= 0.6 is 0 Å². The fourth-order valence-corrected chi connectivity index (χ4v) is 2.09. The first-order valence-corrected chi connectivity index (χ1v) is 5.40. The van der Waals surface area contributed by atoms with E-state index in [1.54, 1.807) is 0 Å². The zero-order valence-corrected chi connectivity index (χ0v) is 8.91. The zero-order valence-electron chi connectivity index (χ0n) is 8.91. The number of carbonyl (C=O) groups excluding carboxylic acids is 1. The molecule has 4 N–H and O–H groups in total. The lowest BCUT2D eigenvalue weighted by Gasteiger charge is -2.18. The minimum atomic E-state index is -0.504. The molecule has 0 aromatic carbocycles. The van der Waals surface area contributed by atoms with E-state index in [9.17, 15) is 4.79 Å². The highest BCUT2D eigenvalue weighted by Gasteiger charge is 2.24. The molecule has 0 spiro atoms. The fraction of sp³-hybridized carbons (Fsp3) is 0.900. The van der Waals surface area contributed by atoms with E-state index in [0.29, 0.717) is 6.54 Å². The van der Waals surface area contributed by atoms with E-state index in [1.165, 1.54) is 19.3 Å². The Labute approximate surface area is 85.6 Å². The highest BCUT2D eigenvalue weighted by molar-refractivity contribution is 5.79.